The van der Waals surface area contributed by atoms with Crippen LogP contribution in [0, 0.1) is 0 Å². The lowest BCUT2D eigenvalue weighted by Gasteiger charge is -1.92. The van der Waals surface area contributed by atoms with E-state index in [9.17, 15) is 0 Å². The van der Waals surface area contributed by atoms with Crippen molar-refractivity contribution in [3.8, 4) is 0 Å². The molecule has 0 heterocycles. The molecule has 13 heavy (non-hydrogen) atoms. The van der Waals surface area contributed by atoms with Gasteiger partial charge in [0.15, 0.2) is 0 Å². The van der Waals surface area contributed by atoms with Crippen molar-refractivity contribution in [1.82, 2.24) is 0 Å². The summed E-state index contributed by atoms with van der Waals surface area (Å²) in [5.74, 6) is 0. The Morgan fingerprint density at radius 2 is 1.38 bits per heavy atom. The quantitative estimate of drug-likeness (QED) is 0.795. The van der Waals surface area contributed by atoms with Gasteiger partial charge in [-0.25, -0.2) is 0 Å². The van der Waals surface area contributed by atoms with Gasteiger partial charge < -0.3 is 5.11 Å². The van der Waals surface area contributed by atoms with Gasteiger partial charge in [-0.1, -0.05) is 55.8 Å². The predicted molar refractivity (Wildman–Crippen MR) is 62.8 cm³/mol. The van der Waals surface area contributed by atoms with Gasteiger partial charge in [0.05, 0.1) is 6.61 Å². The molecule has 0 amide bonds. The average Bonchev–Trinajstić information content (AvgIpc) is 2.25. The highest BCUT2D eigenvalue weighted by atomic mass is 79.9. The van der Waals surface area contributed by atoms with Gasteiger partial charge in [0.1, 0.15) is 0 Å². The summed E-state index contributed by atoms with van der Waals surface area (Å²) in [6.07, 6.45) is 0. The molecule has 0 aliphatic heterocycles. The maximum absolute atomic E-state index is 8.61. The summed E-state index contributed by atoms with van der Waals surface area (Å²) in [6.45, 7) is 8.12. The number of hydrogen-bond donors (Lipinski definition) is 1. The maximum atomic E-state index is 8.61. The summed E-state index contributed by atoms with van der Waals surface area (Å²) in [6, 6.07) is 7.57. The second-order valence-corrected chi connectivity index (χ2v) is 2.70. The summed E-state index contributed by atoms with van der Waals surface area (Å²) < 4.78 is 1.04. The molecule has 1 rings (SSSR count). The Bertz CT molecular complexity index is 182. The number of aliphatic hydroxyl groups is 1. The van der Waals surface area contributed by atoms with Gasteiger partial charge in [-0.2, -0.15) is 0 Å². The van der Waals surface area contributed by atoms with Crippen LogP contribution in [-0.2, 0) is 6.61 Å². The van der Waals surface area contributed by atoms with Crippen LogP contribution >= 0.6 is 15.9 Å². The largest absolute Gasteiger partial charge is 0.392 e. The predicted octanol–water partition coefficient (Wildman–Crippen LogP) is 3.99. The average molecular weight is 247 g/mol. The summed E-state index contributed by atoms with van der Waals surface area (Å²) in [5.41, 5.74) is 0.943. The minimum atomic E-state index is 0.118. The normalized spacial score (nSPS) is 7.54. The monoisotopic (exact) mass is 246 g/mol. The first-order valence-corrected chi connectivity index (χ1v) is 5.47. The second-order valence-electron chi connectivity index (χ2n) is 1.78. The Morgan fingerprint density at radius 3 is 1.69 bits per heavy atom. The molecule has 0 radical (unpaired) electrons. The smallest absolute Gasteiger partial charge is 0.0681 e. The molecular formula is C11H19BrO. The fourth-order valence-electron chi connectivity index (χ4n) is 0.590. The molecule has 1 aromatic rings. The van der Waals surface area contributed by atoms with Gasteiger partial charge in [0.2, 0.25) is 0 Å². The van der Waals surface area contributed by atoms with Gasteiger partial charge in [0.25, 0.3) is 0 Å². The molecule has 0 saturated carbocycles. The van der Waals surface area contributed by atoms with Crippen LogP contribution in [0.4, 0.5) is 0 Å². The van der Waals surface area contributed by atoms with E-state index in [0.29, 0.717) is 0 Å². The molecule has 0 unspecified atom stereocenters. The van der Waals surface area contributed by atoms with Crippen LogP contribution in [0.3, 0.4) is 0 Å². The molecule has 2 heteroatoms. The van der Waals surface area contributed by atoms with Crippen molar-refractivity contribution >= 4 is 15.9 Å². The van der Waals surface area contributed by atoms with Crippen molar-refractivity contribution in [3.63, 3.8) is 0 Å². The van der Waals surface area contributed by atoms with Crippen LogP contribution in [-0.4, -0.2) is 5.11 Å². The van der Waals surface area contributed by atoms with Crippen molar-refractivity contribution < 1.29 is 5.11 Å². The molecule has 76 valence electrons. The lowest BCUT2D eigenvalue weighted by atomic mass is 10.2. The first-order chi connectivity index (χ1) is 6.33. The van der Waals surface area contributed by atoms with Crippen molar-refractivity contribution in [2.75, 3.05) is 0 Å². The first-order valence-electron chi connectivity index (χ1n) is 4.68. The van der Waals surface area contributed by atoms with Gasteiger partial charge in [-0.15, -0.1) is 0 Å². The van der Waals surface area contributed by atoms with E-state index in [1.807, 2.05) is 52.0 Å². The molecule has 0 saturated heterocycles. The zero-order valence-electron chi connectivity index (χ0n) is 8.84. The minimum absolute atomic E-state index is 0.118. The second kappa shape index (κ2) is 11.7. The fourth-order valence-corrected chi connectivity index (χ4v) is 0.854. The van der Waals surface area contributed by atoms with Gasteiger partial charge in [-0.05, 0) is 17.7 Å². The summed E-state index contributed by atoms with van der Waals surface area (Å²) in [4.78, 5) is 0. The Hall–Kier alpha value is -0.340. The van der Waals surface area contributed by atoms with E-state index in [1.165, 1.54) is 0 Å². The Kier molecular flexibility index (Phi) is 13.6. The minimum Gasteiger partial charge on any atom is -0.392 e. The highest BCUT2D eigenvalue weighted by molar-refractivity contribution is 9.10. The molecule has 0 aliphatic carbocycles. The lowest BCUT2D eigenvalue weighted by Crippen LogP contribution is -1.79. The summed E-state index contributed by atoms with van der Waals surface area (Å²) >= 11 is 3.29. The molecule has 1 N–H and O–H groups in total. The molecular weight excluding hydrogens is 228 g/mol. The zero-order chi connectivity index (χ0) is 10.7. The molecule has 0 spiro atoms. The van der Waals surface area contributed by atoms with E-state index >= 15 is 0 Å². The van der Waals surface area contributed by atoms with Gasteiger partial charge in [0, 0.05) is 4.47 Å². The topological polar surface area (TPSA) is 20.2 Å². The first kappa shape index (κ1) is 15.1. The number of hydrogen-bond acceptors (Lipinski definition) is 1. The van der Waals surface area contributed by atoms with Crippen LogP contribution in [0.2, 0.25) is 0 Å². The van der Waals surface area contributed by atoms with E-state index in [-0.39, 0.29) is 6.61 Å². The van der Waals surface area contributed by atoms with Crippen LogP contribution in [0.15, 0.2) is 28.7 Å². The zero-order valence-corrected chi connectivity index (χ0v) is 10.4. The third kappa shape index (κ3) is 8.00. The highest BCUT2D eigenvalue weighted by Gasteiger charge is 1.86. The Balaban J connectivity index is 0. The van der Waals surface area contributed by atoms with Crippen molar-refractivity contribution in [2.45, 2.75) is 34.3 Å². The standard InChI is InChI=1S/C7H7BrO.2C2H6/c8-7-3-1-6(5-9)2-4-7;2*1-2/h1-4,9H,5H2;2*1-2H3. The van der Waals surface area contributed by atoms with E-state index in [0.717, 1.165) is 10.0 Å². The highest BCUT2D eigenvalue weighted by Crippen LogP contribution is 2.09. The van der Waals surface area contributed by atoms with E-state index in [1.54, 1.807) is 0 Å². The number of benzene rings is 1. The lowest BCUT2D eigenvalue weighted by molar-refractivity contribution is 0.282. The van der Waals surface area contributed by atoms with Crippen molar-refractivity contribution in [1.29, 1.82) is 0 Å². The van der Waals surface area contributed by atoms with Crippen LogP contribution in [0.25, 0.3) is 0 Å². The molecule has 0 fully saturated rings. The van der Waals surface area contributed by atoms with E-state index in [4.69, 9.17) is 5.11 Å². The molecule has 1 nitrogen and oxygen atoms in total. The molecule has 0 bridgehead atoms. The van der Waals surface area contributed by atoms with Crippen molar-refractivity contribution in [2.24, 2.45) is 0 Å². The van der Waals surface area contributed by atoms with Gasteiger partial charge >= 0.3 is 0 Å². The van der Waals surface area contributed by atoms with E-state index < -0.39 is 0 Å². The molecule has 0 aromatic heterocycles. The molecule has 1 aromatic carbocycles. The summed E-state index contributed by atoms with van der Waals surface area (Å²) in [5, 5.41) is 8.61. The molecule has 0 aliphatic rings. The SMILES string of the molecule is CC.CC.OCc1ccc(Br)cc1. The number of rotatable bonds is 1. The van der Waals surface area contributed by atoms with Crippen LogP contribution < -0.4 is 0 Å². The van der Waals surface area contributed by atoms with Crippen LogP contribution in [0.1, 0.15) is 33.3 Å². The third-order valence-electron chi connectivity index (χ3n) is 1.10. The maximum Gasteiger partial charge on any atom is 0.0681 e. The van der Waals surface area contributed by atoms with E-state index in [2.05, 4.69) is 15.9 Å². The number of halogens is 1. The third-order valence-corrected chi connectivity index (χ3v) is 1.62. The van der Waals surface area contributed by atoms with Crippen molar-refractivity contribution in [3.05, 3.63) is 34.3 Å². The fraction of sp³-hybridized carbons (Fsp3) is 0.455. The summed E-state index contributed by atoms with van der Waals surface area (Å²) in [7, 11) is 0. The molecule has 0 atom stereocenters. The number of aliphatic hydroxyl groups excluding tert-OH is 1. The van der Waals surface area contributed by atoms with Gasteiger partial charge in [-0.3, -0.25) is 0 Å². The van der Waals surface area contributed by atoms with Crippen LogP contribution in [0.5, 0.6) is 0 Å². The Morgan fingerprint density at radius 1 is 1.00 bits per heavy atom. The Labute approximate surface area is 89.9 Å².